The van der Waals surface area contributed by atoms with E-state index in [0.717, 1.165) is 16.5 Å². The number of ether oxygens (including phenoxy) is 1. The summed E-state index contributed by atoms with van der Waals surface area (Å²) in [5, 5.41) is 5.12. The molecule has 3 aromatic rings. The van der Waals surface area contributed by atoms with Gasteiger partial charge in [0, 0.05) is 17.1 Å². The van der Waals surface area contributed by atoms with Crippen LogP contribution in [0.15, 0.2) is 35.0 Å². The maximum absolute atomic E-state index is 12.4. The molecule has 0 radical (unpaired) electrons. The number of carbonyl (C=O) groups is 1. The average molecular weight is 341 g/mol. The molecule has 0 spiro atoms. The Hall–Kier alpha value is -2.63. The van der Waals surface area contributed by atoms with E-state index in [1.54, 1.807) is 13.8 Å². The van der Waals surface area contributed by atoms with E-state index in [9.17, 15) is 4.79 Å². The Kier molecular flexibility index (Phi) is 4.14. The van der Waals surface area contributed by atoms with Gasteiger partial charge >= 0.3 is 5.97 Å². The van der Waals surface area contributed by atoms with Crippen LogP contribution in [0.4, 0.5) is 0 Å². The van der Waals surface area contributed by atoms with E-state index in [2.05, 4.69) is 15.1 Å². The fraction of sp³-hybridized carbons (Fsp3) is 0.421. The van der Waals surface area contributed by atoms with Crippen molar-refractivity contribution in [2.45, 2.75) is 52.1 Å². The molecule has 0 saturated heterocycles. The van der Waals surface area contributed by atoms with E-state index in [1.807, 2.05) is 51.2 Å². The van der Waals surface area contributed by atoms with E-state index < -0.39 is 11.0 Å². The molecule has 6 nitrogen and oxygen atoms in total. The Morgan fingerprint density at radius 1 is 1.20 bits per heavy atom. The normalized spacial score (nSPS) is 12.5. The monoisotopic (exact) mass is 341 g/mol. The van der Waals surface area contributed by atoms with Crippen molar-refractivity contribution in [2.24, 2.45) is 0 Å². The van der Waals surface area contributed by atoms with Gasteiger partial charge in [0.15, 0.2) is 5.82 Å². The number of nitrogens with zero attached hydrogens (tertiary/aromatic N) is 2. The predicted molar refractivity (Wildman–Crippen MR) is 94.3 cm³/mol. The zero-order valence-electron chi connectivity index (χ0n) is 15.2. The van der Waals surface area contributed by atoms with Crippen molar-refractivity contribution >= 4 is 16.9 Å². The second-order valence-electron chi connectivity index (χ2n) is 7.67. The number of hydrogen-bond acceptors (Lipinski definition) is 5. The molecule has 1 aromatic carbocycles. The van der Waals surface area contributed by atoms with Gasteiger partial charge in [-0.1, -0.05) is 23.4 Å². The van der Waals surface area contributed by atoms with Gasteiger partial charge in [-0.2, -0.15) is 4.98 Å². The van der Waals surface area contributed by atoms with E-state index in [4.69, 9.17) is 9.26 Å². The van der Waals surface area contributed by atoms with Crippen LogP contribution in [-0.2, 0) is 21.4 Å². The maximum Gasteiger partial charge on any atom is 0.319 e. The summed E-state index contributed by atoms with van der Waals surface area (Å²) in [6.45, 7) is 8.97. The summed E-state index contributed by atoms with van der Waals surface area (Å²) in [5.41, 5.74) is 0.590. The molecule has 2 heterocycles. The van der Waals surface area contributed by atoms with Crippen molar-refractivity contribution in [1.82, 2.24) is 15.1 Å². The quantitative estimate of drug-likeness (QED) is 0.731. The van der Waals surface area contributed by atoms with Gasteiger partial charge < -0.3 is 14.2 Å². The fourth-order valence-corrected chi connectivity index (χ4v) is 2.52. The van der Waals surface area contributed by atoms with Crippen LogP contribution in [0.25, 0.3) is 10.9 Å². The molecule has 3 rings (SSSR count). The van der Waals surface area contributed by atoms with Crippen LogP contribution >= 0.6 is 0 Å². The number of aromatic amines is 1. The number of para-hydroxylation sites is 1. The maximum atomic E-state index is 12.4. The molecule has 0 unspecified atom stereocenters. The molecule has 0 bridgehead atoms. The lowest BCUT2D eigenvalue weighted by molar-refractivity contribution is -0.161. The first-order valence-electron chi connectivity index (χ1n) is 8.28. The summed E-state index contributed by atoms with van der Waals surface area (Å²) in [5.74, 6) is 0.424. The number of rotatable bonds is 4. The Bertz CT molecular complexity index is 900. The largest absolute Gasteiger partial charge is 0.459 e. The summed E-state index contributed by atoms with van der Waals surface area (Å²) in [6.07, 6.45) is 2.44. The highest BCUT2D eigenvalue weighted by Gasteiger charge is 2.38. The second kappa shape index (κ2) is 6.02. The van der Waals surface area contributed by atoms with Gasteiger partial charge in [0.05, 0.1) is 6.42 Å². The average Bonchev–Trinajstić information content (AvgIpc) is 3.14. The van der Waals surface area contributed by atoms with Gasteiger partial charge in [0.1, 0.15) is 11.0 Å². The molecule has 0 aliphatic rings. The Balaban J connectivity index is 1.81. The van der Waals surface area contributed by atoms with Crippen LogP contribution in [0, 0.1) is 0 Å². The third kappa shape index (κ3) is 3.57. The number of hydrogen-bond donors (Lipinski definition) is 1. The van der Waals surface area contributed by atoms with Gasteiger partial charge in [-0.25, -0.2) is 0 Å². The van der Waals surface area contributed by atoms with Crippen LogP contribution < -0.4 is 0 Å². The number of nitrogens with one attached hydrogen (secondary N) is 1. The van der Waals surface area contributed by atoms with Gasteiger partial charge in [0.2, 0.25) is 5.89 Å². The van der Waals surface area contributed by atoms with Crippen molar-refractivity contribution in [3.05, 3.63) is 47.7 Å². The minimum atomic E-state index is -0.977. The molecule has 2 aromatic heterocycles. The molecule has 0 amide bonds. The summed E-state index contributed by atoms with van der Waals surface area (Å²) >= 11 is 0. The molecule has 0 aliphatic carbocycles. The van der Waals surface area contributed by atoms with Crippen molar-refractivity contribution in [3.63, 3.8) is 0 Å². The lowest BCUT2D eigenvalue weighted by atomic mass is 9.92. The number of H-pyrrole nitrogens is 1. The first kappa shape index (κ1) is 17.2. The number of carbonyl (C=O) groups excluding carboxylic acids is 1. The highest BCUT2D eigenvalue weighted by molar-refractivity contribution is 5.83. The van der Waals surface area contributed by atoms with Crippen LogP contribution in [0.2, 0.25) is 0 Å². The zero-order chi connectivity index (χ0) is 18.2. The first-order valence-corrected chi connectivity index (χ1v) is 8.28. The number of aromatic nitrogens is 3. The van der Waals surface area contributed by atoms with Gasteiger partial charge in [-0.3, -0.25) is 4.79 Å². The summed E-state index contributed by atoms with van der Waals surface area (Å²) in [4.78, 5) is 20.1. The highest BCUT2D eigenvalue weighted by Crippen LogP contribution is 2.26. The lowest BCUT2D eigenvalue weighted by Gasteiger charge is -2.26. The van der Waals surface area contributed by atoms with Crippen molar-refractivity contribution in [2.75, 3.05) is 0 Å². The van der Waals surface area contributed by atoms with Crippen molar-refractivity contribution < 1.29 is 14.1 Å². The van der Waals surface area contributed by atoms with Crippen molar-refractivity contribution in [1.29, 1.82) is 0 Å². The van der Waals surface area contributed by atoms with E-state index >= 15 is 0 Å². The van der Waals surface area contributed by atoms with E-state index in [-0.39, 0.29) is 5.97 Å². The van der Waals surface area contributed by atoms with Crippen LogP contribution in [0.5, 0.6) is 0 Å². The molecule has 25 heavy (non-hydrogen) atoms. The molecular formula is C19H23N3O3. The highest BCUT2D eigenvalue weighted by atomic mass is 16.6. The van der Waals surface area contributed by atoms with Crippen LogP contribution in [0.3, 0.4) is 0 Å². The topological polar surface area (TPSA) is 81.0 Å². The number of fused-ring (bicyclic) bond motifs is 1. The number of esters is 1. The Labute approximate surface area is 146 Å². The van der Waals surface area contributed by atoms with Crippen molar-refractivity contribution in [3.8, 4) is 0 Å². The third-order valence-electron chi connectivity index (χ3n) is 3.95. The standard InChI is InChI=1S/C19H23N3O3/c1-18(2,3)24-17(23)19(4,5)16-21-15(25-22-16)10-12-11-20-14-9-7-6-8-13(12)14/h6-9,11,20H,10H2,1-5H3. The molecule has 6 heteroatoms. The minimum absolute atomic E-state index is 0.330. The zero-order valence-corrected chi connectivity index (χ0v) is 15.2. The molecule has 132 valence electrons. The van der Waals surface area contributed by atoms with Gasteiger partial charge in [-0.15, -0.1) is 0 Å². The summed E-state index contributed by atoms with van der Waals surface area (Å²) in [7, 11) is 0. The molecule has 0 aliphatic heterocycles. The van der Waals surface area contributed by atoms with Gasteiger partial charge in [-0.05, 0) is 46.2 Å². The smallest absolute Gasteiger partial charge is 0.319 e. The molecular weight excluding hydrogens is 318 g/mol. The van der Waals surface area contributed by atoms with Crippen LogP contribution in [0.1, 0.15) is 51.9 Å². The third-order valence-corrected chi connectivity index (χ3v) is 3.95. The van der Waals surface area contributed by atoms with Crippen LogP contribution in [-0.4, -0.2) is 26.7 Å². The van der Waals surface area contributed by atoms with E-state index in [0.29, 0.717) is 18.1 Å². The fourth-order valence-electron chi connectivity index (χ4n) is 2.52. The second-order valence-corrected chi connectivity index (χ2v) is 7.67. The lowest BCUT2D eigenvalue weighted by Crippen LogP contribution is -2.37. The summed E-state index contributed by atoms with van der Waals surface area (Å²) < 4.78 is 10.8. The molecule has 0 fully saturated rings. The molecule has 0 saturated carbocycles. The SMILES string of the molecule is CC(C)(C)OC(=O)C(C)(C)c1noc(Cc2c[nH]c3ccccc23)n1. The first-order chi connectivity index (χ1) is 11.7. The molecule has 0 atom stereocenters. The van der Waals surface area contributed by atoms with E-state index in [1.165, 1.54) is 0 Å². The Morgan fingerprint density at radius 2 is 1.92 bits per heavy atom. The minimum Gasteiger partial charge on any atom is -0.459 e. The van der Waals surface area contributed by atoms with Gasteiger partial charge in [0.25, 0.3) is 0 Å². The number of benzene rings is 1. The summed E-state index contributed by atoms with van der Waals surface area (Å²) in [6, 6.07) is 8.04. The Morgan fingerprint density at radius 3 is 2.64 bits per heavy atom. The molecule has 1 N–H and O–H groups in total. The predicted octanol–water partition coefficient (Wildman–Crippen LogP) is 3.76.